The Kier molecular flexibility index (Phi) is 7.84. The molecular formula is C26H39N9O. The Morgan fingerprint density at radius 2 is 1.81 bits per heavy atom. The van der Waals surface area contributed by atoms with Gasteiger partial charge >= 0.3 is 6.03 Å². The van der Waals surface area contributed by atoms with Crippen LogP contribution in [0.25, 0.3) is 0 Å². The summed E-state index contributed by atoms with van der Waals surface area (Å²) in [7, 11) is 0. The number of piperazine rings is 2. The van der Waals surface area contributed by atoms with Crippen molar-refractivity contribution in [3.8, 4) is 0 Å². The van der Waals surface area contributed by atoms with Crippen LogP contribution in [-0.2, 0) is 0 Å². The van der Waals surface area contributed by atoms with Gasteiger partial charge in [-0.25, -0.2) is 14.8 Å². The van der Waals surface area contributed by atoms with Crippen LogP contribution in [0.3, 0.4) is 0 Å². The second kappa shape index (κ2) is 11.4. The summed E-state index contributed by atoms with van der Waals surface area (Å²) >= 11 is 0. The quantitative estimate of drug-likeness (QED) is 0.560. The molecule has 194 valence electrons. The van der Waals surface area contributed by atoms with Crippen molar-refractivity contribution in [1.82, 2.24) is 30.0 Å². The first-order chi connectivity index (χ1) is 17.6. The molecule has 0 radical (unpaired) electrons. The smallest absolute Gasteiger partial charge is 0.315 e. The van der Waals surface area contributed by atoms with Crippen LogP contribution in [0.5, 0.6) is 0 Å². The number of hydrogen-bond donors (Lipinski definition) is 3. The minimum Gasteiger partial charge on any atom is -0.371 e. The second-order valence-electron chi connectivity index (χ2n) is 9.92. The summed E-state index contributed by atoms with van der Waals surface area (Å²) in [5, 5.41) is 6.62. The van der Waals surface area contributed by atoms with Crippen molar-refractivity contribution < 1.29 is 4.79 Å². The van der Waals surface area contributed by atoms with Gasteiger partial charge in [-0.2, -0.15) is 0 Å². The van der Waals surface area contributed by atoms with Gasteiger partial charge in [-0.1, -0.05) is 6.92 Å². The van der Waals surface area contributed by atoms with E-state index in [0.29, 0.717) is 19.0 Å². The predicted molar refractivity (Wildman–Crippen MR) is 143 cm³/mol. The molecule has 3 aliphatic heterocycles. The lowest BCUT2D eigenvalue weighted by Crippen LogP contribution is -2.53. The highest BCUT2D eigenvalue weighted by molar-refractivity contribution is 5.72. The van der Waals surface area contributed by atoms with Gasteiger partial charge in [0.05, 0.1) is 11.7 Å². The number of carbonyl (C=O) groups is 1. The van der Waals surface area contributed by atoms with E-state index in [-0.39, 0.29) is 6.04 Å². The normalized spacial score (nSPS) is 22.5. The van der Waals surface area contributed by atoms with Crippen LogP contribution in [0.4, 0.5) is 22.1 Å². The maximum Gasteiger partial charge on any atom is 0.315 e. The third kappa shape index (κ3) is 5.71. The number of nitrogens with one attached hydrogen (secondary N) is 2. The molecule has 0 spiro atoms. The van der Waals surface area contributed by atoms with E-state index in [0.717, 1.165) is 37.1 Å². The van der Waals surface area contributed by atoms with Crippen LogP contribution < -0.4 is 21.3 Å². The maximum atomic E-state index is 11.9. The SMILES string of the molecule is CCN1CCN(C2CCN(c3ccc(Nc4nccc(C5CNCCN5C(N)=O)n4)cc3)CC2)CC1. The summed E-state index contributed by atoms with van der Waals surface area (Å²) in [4.78, 5) is 30.3. The number of carbonyl (C=O) groups excluding carboxylic acids is 1. The van der Waals surface area contributed by atoms with Crippen LogP contribution in [0, 0.1) is 0 Å². The van der Waals surface area contributed by atoms with E-state index in [1.807, 2.05) is 6.07 Å². The van der Waals surface area contributed by atoms with Crippen molar-refractivity contribution in [1.29, 1.82) is 0 Å². The van der Waals surface area contributed by atoms with Gasteiger partial charge < -0.3 is 31.1 Å². The molecule has 36 heavy (non-hydrogen) atoms. The van der Waals surface area contributed by atoms with Gasteiger partial charge in [0.15, 0.2) is 0 Å². The van der Waals surface area contributed by atoms with Crippen LogP contribution in [0.1, 0.15) is 31.5 Å². The number of rotatable bonds is 6. The molecule has 1 aromatic carbocycles. The highest BCUT2D eigenvalue weighted by Crippen LogP contribution is 2.26. The monoisotopic (exact) mass is 493 g/mol. The van der Waals surface area contributed by atoms with Crippen molar-refractivity contribution in [3.63, 3.8) is 0 Å². The van der Waals surface area contributed by atoms with Crippen molar-refractivity contribution in [2.24, 2.45) is 5.73 Å². The van der Waals surface area contributed by atoms with Crippen molar-refractivity contribution in [2.75, 3.05) is 75.7 Å². The Bertz CT molecular complexity index is 1000. The number of benzene rings is 1. The summed E-state index contributed by atoms with van der Waals surface area (Å²) in [6.45, 7) is 12.4. The van der Waals surface area contributed by atoms with Gasteiger partial charge in [0, 0.05) is 82.5 Å². The molecule has 10 heteroatoms. The number of nitrogens with zero attached hydrogens (tertiary/aromatic N) is 6. The molecule has 5 rings (SSSR count). The number of likely N-dealkylation sites (N-methyl/N-ethyl adjacent to an activating group) is 1. The zero-order chi connectivity index (χ0) is 24.9. The molecule has 3 fully saturated rings. The van der Waals surface area contributed by atoms with Gasteiger partial charge in [-0.05, 0) is 49.7 Å². The number of aromatic nitrogens is 2. The molecule has 4 N–H and O–H groups in total. The fourth-order valence-corrected chi connectivity index (χ4v) is 5.67. The first-order valence-corrected chi connectivity index (χ1v) is 13.3. The minimum absolute atomic E-state index is 0.194. The van der Waals surface area contributed by atoms with Crippen molar-refractivity contribution in [2.45, 2.75) is 31.8 Å². The van der Waals surface area contributed by atoms with Crippen LogP contribution in [-0.4, -0.2) is 102 Å². The molecule has 1 aromatic heterocycles. The van der Waals surface area contributed by atoms with Crippen LogP contribution in [0.2, 0.25) is 0 Å². The van der Waals surface area contributed by atoms with Gasteiger partial charge in [-0.15, -0.1) is 0 Å². The van der Waals surface area contributed by atoms with Crippen molar-refractivity contribution in [3.05, 3.63) is 42.2 Å². The molecular weight excluding hydrogens is 454 g/mol. The number of amides is 2. The Morgan fingerprint density at radius 1 is 1.06 bits per heavy atom. The van der Waals surface area contributed by atoms with E-state index in [9.17, 15) is 4.79 Å². The van der Waals surface area contributed by atoms with Gasteiger partial charge in [0.1, 0.15) is 0 Å². The Labute approximate surface area is 213 Å². The first kappa shape index (κ1) is 24.7. The third-order valence-corrected chi connectivity index (χ3v) is 7.87. The number of nitrogens with two attached hydrogens (primary N) is 1. The second-order valence-corrected chi connectivity index (χ2v) is 9.92. The molecule has 3 aliphatic rings. The summed E-state index contributed by atoms with van der Waals surface area (Å²) < 4.78 is 0. The highest BCUT2D eigenvalue weighted by Gasteiger charge is 2.28. The molecule has 0 bridgehead atoms. The molecule has 3 saturated heterocycles. The third-order valence-electron chi connectivity index (χ3n) is 7.87. The molecule has 0 aliphatic carbocycles. The first-order valence-electron chi connectivity index (χ1n) is 13.3. The number of piperidine rings is 1. The topological polar surface area (TPSA) is 106 Å². The van der Waals surface area contributed by atoms with E-state index in [1.165, 1.54) is 51.3 Å². The molecule has 1 unspecified atom stereocenters. The highest BCUT2D eigenvalue weighted by atomic mass is 16.2. The maximum absolute atomic E-state index is 11.9. The Hall–Kier alpha value is -2.95. The molecule has 0 saturated carbocycles. The Morgan fingerprint density at radius 3 is 2.50 bits per heavy atom. The lowest BCUT2D eigenvalue weighted by atomic mass is 10.0. The minimum atomic E-state index is -0.423. The number of hydrogen-bond acceptors (Lipinski definition) is 8. The number of primary amides is 1. The molecule has 1 atom stereocenters. The molecule has 2 amide bonds. The number of anilines is 3. The zero-order valence-corrected chi connectivity index (χ0v) is 21.3. The predicted octanol–water partition coefficient (Wildman–Crippen LogP) is 1.85. The van der Waals surface area contributed by atoms with Gasteiger partial charge in [0.2, 0.25) is 5.95 Å². The van der Waals surface area contributed by atoms with E-state index in [4.69, 9.17) is 5.73 Å². The van der Waals surface area contributed by atoms with Crippen molar-refractivity contribution >= 4 is 23.4 Å². The standard InChI is InChI=1S/C26H39N9O/c1-2-32-15-17-34(18-16-32)22-8-12-33(13-9-22)21-5-3-20(4-6-21)30-26-29-10-7-23(31-26)24-19-28-11-14-35(24)25(27)36/h3-7,10,22,24,28H,2,8-9,11-19H2,1H3,(H2,27,36)(H,29,30,31). The van der Waals surface area contributed by atoms with Crippen LogP contribution >= 0.6 is 0 Å². The fraction of sp³-hybridized carbons (Fsp3) is 0.577. The van der Waals surface area contributed by atoms with E-state index in [2.05, 4.69) is 66.5 Å². The summed E-state index contributed by atoms with van der Waals surface area (Å²) in [5.41, 5.74) is 8.55. The van der Waals surface area contributed by atoms with E-state index in [1.54, 1.807) is 11.1 Å². The average Bonchev–Trinajstić information content (AvgIpc) is 2.94. The Balaban J connectivity index is 1.16. The van der Waals surface area contributed by atoms with E-state index < -0.39 is 6.03 Å². The molecule has 2 aromatic rings. The van der Waals surface area contributed by atoms with E-state index >= 15 is 0 Å². The fourth-order valence-electron chi connectivity index (χ4n) is 5.67. The summed E-state index contributed by atoms with van der Waals surface area (Å²) in [5.74, 6) is 0.513. The van der Waals surface area contributed by atoms with Gasteiger partial charge in [-0.3, -0.25) is 4.90 Å². The zero-order valence-electron chi connectivity index (χ0n) is 21.3. The largest absolute Gasteiger partial charge is 0.371 e. The lowest BCUT2D eigenvalue weighted by molar-refractivity contribution is 0.0878. The summed E-state index contributed by atoms with van der Waals surface area (Å²) in [6.07, 6.45) is 4.18. The average molecular weight is 494 g/mol. The molecule has 10 nitrogen and oxygen atoms in total. The summed E-state index contributed by atoms with van der Waals surface area (Å²) in [6, 6.07) is 10.5. The lowest BCUT2D eigenvalue weighted by Gasteiger charge is -2.43. The van der Waals surface area contributed by atoms with Gasteiger partial charge in [0.25, 0.3) is 0 Å². The van der Waals surface area contributed by atoms with Crippen LogP contribution in [0.15, 0.2) is 36.5 Å². The number of urea groups is 1. The molecule has 4 heterocycles.